The Balaban J connectivity index is 2.37. The zero-order valence-corrected chi connectivity index (χ0v) is 14.8. The first kappa shape index (κ1) is 16.0. The van der Waals surface area contributed by atoms with E-state index in [-0.39, 0.29) is 5.91 Å². The highest BCUT2D eigenvalue weighted by Crippen LogP contribution is 2.26. The summed E-state index contributed by atoms with van der Waals surface area (Å²) in [6, 6.07) is 12.9. The molecule has 0 heterocycles. The number of nitrogen functional groups attached to an aromatic ring is 1. The van der Waals surface area contributed by atoms with Gasteiger partial charge in [-0.05, 0) is 64.8 Å². The van der Waals surface area contributed by atoms with Crippen molar-refractivity contribution in [2.45, 2.75) is 13.3 Å². The van der Waals surface area contributed by atoms with E-state index in [1.807, 2.05) is 49.4 Å². The van der Waals surface area contributed by atoms with Crippen LogP contribution < -0.4 is 10.6 Å². The standard InChI is InChI=1S/C16H16Br2N2O/c1-2-9-20(13-6-4-12(19)5-7-13)16(21)14-8-3-11(17)10-15(14)18/h3-8,10H,2,9,19H2,1H3. The number of carbonyl (C=O) groups excluding carboxylic acids is 1. The summed E-state index contributed by atoms with van der Waals surface area (Å²) in [5.74, 6) is -0.0269. The van der Waals surface area contributed by atoms with E-state index in [1.54, 1.807) is 4.90 Å². The van der Waals surface area contributed by atoms with Crippen molar-refractivity contribution in [2.75, 3.05) is 17.2 Å². The average Bonchev–Trinajstić information content (AvgIpc) is 2.45. The van der Waals surface area contributed by atoms with Crippen molar-refractivity contribution in [3.05, 3.63) is 57.0 Å². The minimum absolute atomic E-state index is 0.0269. The maximum absolute atomic E-state index is 12.8. The largest absolute Gasteiger partial charge is 0.399 e. The number of amides is 1. The third-order valence-electron chi connectivity index (χ3n) is 3.06. The number of benzene rings is 2. The second kappa shape index (κ2) is 7.09. The summed E-state index contributed by atoms with van der Waals surface area (Å²) < 4.78 is 1.71. The smallest absolute Gasteiger partial charge is 0.259 e. The van der Waals surface area contributed by atoms with Gasteiger partial charge in [-0.1, -0.05) is 22.9 Å². The molecule has 2 rings (SSSR count). The number of anilines is 2. The van der Waals surface area contributed by atoms with Gasteiger partial charge in [0, 0.05) is 26.9 Å². The molecular formula is C16H16Br2N2O. The van der Waals surface area contributed by atoms with Crippen LogP contribution in [0.2, 0.25) is 0 Å². The molecule has 2 N–H and O–H groups in total. The third kappa shape index (κ3) is 3.86. The Hall–Kier alpha value is -1.33. The first-order valence-corrected chi connectivity index (χ1v) is 8.24. The summed E-state index contributed by atoms with van der Waals surface area (Å²) in [7, 11) is 0. The van der Waals surface area contributed by atoms with E-state index in [0.717, 1.165) is 21.1 Å². The summed E-state index contributed by atoms with van der Waals surface area (Å²) in [6.07, 6.45) is 0.879. The van der Waals surface area contributed by atoms with Crippen molar-refractivity contribution in [3.63, 3.8) is 0 Å². The van der Waals surface area contributed by atoms with Crippen LogP contribution in [-0.4, -0.2) is 12.5 Å². The molecule has 0 saturated heterocycles. The van der Waals surface area contributed by atoms with Crippen LogP contribution in [0.4, 0.5) is 11.4 Å². The van der Waals surface area contributed by atoms with Gasteiger partial charge >= 0.3 is 0 Å². The molecule has 110 valence electrons. The molecule has 3 nitrogen and oxygen atoms in total. The third-order valence-corrected chi connectivity index (χ3v) is 4.21. The first-order chi connectivity index (χ1) is 10.0. The number of nitrogens with zero attached hydrogens (tertiary/aromatic N) is 1. The molecule has 0 fully saturated rings. The molecular weight excluding hydrogens is 396 g/mol. The Morgan fingerprint density at radius 1 is 1.14 bits per heavy atom. The molecule has 0 aliphatic carbocycles. The fourth-order valence-corrected chi connectivity index (χ4v) is 3.25. The molecule has 0 saturated carbocycles. The van der Waals surface area contributed by atoms with E-state index in [0.29, 0.717) is 17.8 Å². The van der Waals surface area contributed by atoms with E-state index >= 15 is 0 Å². The van der Waals surface area contributed by atoms with Gasteiger partial charge in [0.1, 0.15) is 0 Å². The Morgan fingerprint density at radius 3 is 2.38 bits per heavy atom. The highest BCUT2D eigenvalue weighted by Gasteiger charge is 2.19. The normalized spacial score (nSPS) is 10.4. The van der Waals surface area contributed by atoms with Crippen molar-refractivity contribution in [3.8, 4) is 0 Å². The molecule has 5 heteroatoms. The minimum Gasteiger partial charge on any atom is -0.399 e. The molecule has 0 aliphatic rings. The van der Waals surface area contributed by atoms with Crippen LogP contribution >= 0.6 is 31.9 Å². The maximum Gasteiger partial charge on any atom is 0.259 e. The molecule has 1 amide bonds. The van der Waals surface area contributed by atoms with Crippen molar-refractivity contribution in [1.29, 1.82) is 0 Å². The van der Waals surface area contributed by atoms with Crippen molar-refractivity contribution in [2.24, 2.45) is 0 Å². The number of nitrogens with two attached hydrogens (primary N) is 1. The van der Waals surface area contributed by atoms with Gasteiger partial charge < -0.3 is 10.6 Å². The number of carbonyl (C=O) groups is 1. The maximum atomic E-state index is 12.8. The predicted octanol–water partition coefficient (Wildman–Crippen LogP) is 4.85. The summed E-state index contributed by atoms with van der Waals surface area (Å²) in [5, 5.41) is 0. The Kier molecular flexibility index (Phi) is 5.42. The van der Waals surface area contributed by atoms with Gasteiger partial charge in [-0.2, -0.15) is 0 Å². The predicted molar refractivity (Wildman–Crippen MR) is 94.7 cm³/mol. The molecule has 0 spiro atoms. The molecule has 2 aromatic carbocycles. The molecule has 0 aliphatic heterocycles. The molecule has 21 heavy (non-hydrogen) atoms. The van der Waals surface area contributed by atoms with Crippen LogP contribution in [0.3, 0.4) is 0 Å². The van der Waals surface area contributed by atoms with Gasteiger partial charge in [0.2, 0.25) is 0 Å². The zero-order valence-electron chi connectivity index (χ0n) is 11.6. The fourth-order valence-electron chi connectivity index (χ4n) is 2.03. The first-order valence-electron chi connectivity index (χ1n) is 6.65. The van der Waals surface area contributed by atoms with Gasteiger partial charge in [0.05, 0.1) is 5.56 Å². The van der Waals surface area contributed by atoms with Crippen molar-refractivity contribution >= 4 is 49.1 Å². The number of rotatable bonds is 4. The summed E-state index contributed by atoms with van der Waals surface area (Å²) in [4.78, 5) is 14.6. The minimum atomic E-state index is -0.0269. The van der Waals surface area contributed by atoms with Crippen molar-refractivity contribution < 1.29 is 4.79 Å². The van der Waals surface area contributed by atoms with E-state index in [4.69, 9.17) is 5.73 Å². The average molecular weight is 412 g/mol. The summed E-state index contributed by atoms with van der Waals surface area (Å²) in [5.41, 5.74) is 7.89. The zero-order chi connectivity index (χ0) is 15.4. The van der Waals surface area contributed by atoms with Gasteiger partial charge in [0.15, 0.2) is 0 Å². The lowest BCUT2D eigenvalue weighted by molar-refractivity contribution is 0.0986. The van der Waals surface area contributed by atoms with Gasteiger partial charge in [-0.25, -0.2) is 0 Å². The van der Waals surface area contributed by atoms with Gasteiger partial charge in [-0.3, -0.25) is 4.79 Å². The van der Waals surface area contributed by atoms with Crippen LogP contribution in [0.15, 0.2) is 51.4 Å². The van der Waals surface area contributed by atoms with Crippen LogP contribution in [0.25, 0.3) is 0 Å². The SMILES string of the molecule is CCCN(C(=O)c1ccc(Br)cc1Br)c1ccc(N)cc1. The quantitative estimate of drug-likeness (QED) is 0.730. The lowest BCUT2D eigenvalue weighted by Gasteiger charge is -2.23. The van der Waals surface area contributed by atoms with Crippen molar-refractivity contribution in [1.82, 2.24) is 0 Å². The molecule has 0 aromatic heterocycles. The highest BCUT2D eigenvalue weighted by molar-refractivity contribution is 9.11. The van der Waals surface area contributed by atoms with Crippen LogP contribution in [0, 0.1) is 0 Å². The van der Waals surface area contributed by atoms with E-state index in [9.17, 15) is 4.79 Å². The molecule has 2 aromatic rings. The van der Waals surface area contributed by atoms with E-state index < -0.39 is 0 Å². The Bertz CT molecular complexity index is 641. The Labute approximate surface area is 141 Å². The summed E-state index contributed by atoms with van der Waals surface area (Å²) in [6.45, 7) is 2.71. The van der Waals surface area contributed by atoms with Gasteiger partial charge in [0.25, 0.3) is 5.91 Å². The number of hydrogen-bond acceptors (Lipinski definition) is 2. The van der Waals surface area contributed by atoms with Crippen LogP contribution in [0.1, 0.15) is 23.7 Å². The number of halogens is 2. The van der Waals surface area contributed by atoms with Crippen LogP contribution in [0.5, 0.6) is 0 Å². The highest BCUT2D eigenvalue weighted by atomic mass is 79.9. The topological polar surface area (TPSA) is 46.3 Å². The second-order valence-electron chi connectivity index (χ2n) is 4.67. The lowest BCUT2D eigenvalue weighted by atomic mass is 10.1. The number of hydrogen-bond donors (Lipinski definition) is 1. The van der Waals surface area contributed by atoms with Crippen LogP contribution in [-0.2, 0) is 0 Å². The molecule has 0 unspecified atom stereocenters. The fraction of sp³-hybridized carbons (Fsp3) is 0.188. The summed E-state index contributed by atoms with van der Waals surface area (Å²) >= 11 is 6.85. The monoisotopic (exact) mass is 410 g/mol. The second-order valence-corrected chi connectivity index (χ2v) is 6.44. The lowest BCUT2D eigenvalue weighted by Crippen LogP contribution is -2.31. The Morgan fingerprint density at radius 2 is 1.81 bits per heavy atom. The molecule has 0 atom stereocenters. The van der Waals surface area contributed by atoms with E-state index in [1.165, 1.54) is 0 Å². The molecule has 0 radical (unpaired) electrons. The molecule has 0 bridgehead atoms. The van der Waals surface area contributed by atoms with E-state index in [2.05, 4.69) is 31.9 Å². The van der Waals surface area contributed by atoms with Gasteiger partial charge in [-0.15, -0.1) is 0 Å².